The Kier molecular flexibility index (Phi) is 4.60. The lowest BCUT2D eigenvalue weighted by Gasteiger charge is -2.56. The van der Waals surface area contributed by atoms with Crippen LogP contribution in [0, 0.1) is 11.7 Å². The minimum Gasteiger partial charge on any atom is -0.384 e. The Morgan fingerprint density at radius 1 is 1.30 bits per heavy atom. The Hall–Kier alpha value is -1.21. The molecule has 0 radical (unpaired) electrons. The van der Waals surface area contributed by atoms with E-state index >= 15 is 0 Å². The number of aliphatic hydroxyl groups is 2. The fraction of sp³-hybridized carbons (Fsp3) is 0.647. The van der Waals surface area contributed by atoms with E-state index in [0.717, 1.165) is 0 Å². The van der Waals surface area contributed by atoms with E-state index in [0.29, 0.717) is 44.6 Å². The quantitative estimate of drug-likeness (QED) is 0.789. The van der Waals surface area contributed by atoms with Gasteiger partial charge in [-0.15, -0.1) is 0 Å². The standard InChI is InChI=1S/C17H24FNO4/c1-22-11-12-3-8-15(19-14-6-4-13(18)5-7-14)16(20)9-2-10-23-17(12,16)21/h4-7,12,15,19-21H,2-3,8-11H2,1H3/t12-,15-,16+,17+/m1/s1. The normalized spacial score (nSPS) is 37.2. The molecule has 5 nitrogen and oxygen atoms in total. The van der Waals surface area contributed by atoms with E-state index in [2.05, 4.69) is 5.32 Å². The SMILES string of the molecule is COC[C@H]1CC[C@@H](Nc2ccc(F)cc2)[C@@]2(O)CCCO[C@@]12O. The zero-order chi connectivity index (χ0) is 16.5. The third kappa shape index (κ3) is 2.85. The van der Waals surface area contributed by atoms with Gasteiger partial charge in [-0.3, -0.25) is 0 Å². The number of benzene rings is 1. The Labute approximate surface area is 135 Å². The van der Waals surface area contributed by atoms with Crippen LogP contribution in [-0.4, -0.2) is 48.0 Å². The number of fused-ring (bicyclic) bond motifs is 1. The highest BCUT2D eigenvalue weighted by atomic mass is 19.1. The van der Waals surface area contributed by atoms with Crippen molar-refractivity contribution in [2.75, 3.05) is 25.6 Å². The van der Waals surface area contributed by atoms with Gasteiger partial charge in [-0.1, -0.05) is 0 Å². The molecule has 0 amide bonds. The van der Waals surface area contributed by atoms with E-state index in [1.54, 1.807) is 19.2 Å². The van der Waals surface area contributed by atoms with Gasteiger partial charge >= 0.3 is 0 Å². The van der Waals surface area contributed by atoms with Crippen LogP contribution in [0.25, 0.3) is 0 Å². The first kappa shape index (κ1) is 16.6. The van der Waals surface area contributed by atoms with E-state index in [1.165, 1.54) is 12.1 Å². The van der Waals surface area contributed by atoms with Crippen LogP contribution in [0.15, 0.2) is 24.3 Å². The maximum atomic E-state index is 13.1. The summed E-state index contributed by atoms with van der Waals surface area (Å²) in [5, 5.41) is 25.6. The first-order valence-corrected chi connectivity index (χ1v) is 8.09. The Balaban J connectivity index is 1.85. The zero-order valence-corrected chi connectivity index (χ0v) is 13.3. The summed E-state index contributed by atoms with van der Waals surface area (Å²) in [5.41, 5.74) is -0.691. The molecular formula is C17H24FNO4. The molecule has 4 atom stereocenters. The summed E-state index contributed by atoms with van der Waals surface area (Å²) in [6.45, 7) is 0.754. The maximum Gasteiger partial charge on any atom is 0.202 e. The molecule has 3 rings (SSSR count). The monoisotopic (exact) mass is 325 g/mol. The number of anilines is 1. The summed E-state index contributed by atoms with van der Waals surface area (Å²) < 4.78 is 23.9. The second kappa shape index (κ2) is 6.36. The molecule has 0 aromatic heterocycles. The van der Waals surface area contributed by atoms with Crippen LogP contribution in [-0.2, 0) is 9.47 Å². The van der Waals surface area contributed by atoms with Crippen LogP contribution in [0.2, 0.25) is 0 Å². The molecule has 1 aromatic carbocycles. The summed E-state index contributed by atoms with van der Waals surface area (Å²) in [4.78, 5) is 0. The summed E-state index contributed by atoms with van der Waals surface area (Å²) in [5.74, 6) is -2.21. The van der Waals surface area contributed by atoms with Gasteiger partial charge in [0.2, 0.25) is 5.79 Å². The summed E-state index contributed by atoms with van der Waals surface area (Å²) >= 11 is 0. The maximum absolute atomic E-state index is 13.1. The predicted molar refractivity (Wildman–Crippen MR) is 83.5 cm³/mol. The molecule has 1 saturated carbocycles. The number of nitrogens with one attached hydrogen (secondary N) is 1. The van der Waals surface area contributed by atoms with Crippen molar-refractivity contribution in [3.63, 3.8) is 0 Å². The van der Waals surface area contributed by atoms with Crippen molar-refractivity contribution in [1.82, 2.24) is 0 Å². The largest absolute Gasteiger partial charge is 0.384 e. The molecule has 1 aromatic rings. The molecule has 6 heteroatoms. The van der Waals surface area contributed by atoms with Gasteiger partial charge in [0.25, 0.3) is 0 Å². The molecule has 1 aliphatic carbocycles. The van der Waals surface area contributed by atoms with Crippen molar-refractivity contribution < 1.29 is 24.1 Å². The number of hydrogen-bond donors (Lipinski definition) is 3. The van der Waals surface area contributed by atoms with Crippen LogP contribution in [0.5, 0.6) is 0 Å². The third-order valence-corrected chi connectivity index (χ3v) is 5.13. The van der Waals surface area contributed by atoms with E-state index in [-0.39, 0.29) is 17.8 Å². The number of ether oxygens (including phenoxy) is 2. The smallest absolute Gasteiger partial charge is 0.202 e. The Morgan fingerprint density at radius 2 is 2.04 bits per heavy atom. The fourth-order valence-electron chi connectivity index (χ4n) is 3.91. The van der Waals surface area contributed by atoms with Crippen LogP contribution >= 0.6 is 0 Å². The average Bonchev–Trinajstić information content (AvgIpc) is 2.54. The van der Waals surface area contributed by atoms with Crippen molar-refractivity contribution in [2.45, 2.75) is 43.1 Å². The van der Waals surface area contributed by atoms with Crippen LogP contribution in [0.4, 0.5) is 10.1 Å². The lowest BCUT2D eigenvalue weighted by Crippen LogP contribution is -2.72. The lowest BCUT2D eigenvalue weighted by molar-refractivity contribution is -0.363. The van der Waals surface area contributed by atoms with Gasteiger partial charge in [0.05, 0.1) is 19.3 Å². The molecule has 2 aliphatic rings. The van der Waals surface area contributed by atoms with E-state index in [9.17, 15) is 14.6 Å². The third-order valence-electron chi connectivity index (χ3n) is 5.13. The topological polar surface area (TPSA) is 71.0 Å². The second-order valence-corrected chi connectivity index (χ2v) is 6.51. The molecule has 1 aliphatic heterocycles. The van der Waals surface area contributed by atoms with Gasteiger partial charge < -0.3 is 25.0 Å². The van der Waals surface area contributed by atoms with Gasteiger partial charge in [-0.05, 0) is 49.9 Å². The average molecular weight is 325 g/mol. The van der Waals surface area contributed by atoms with Crippen molar-refractivity contribution in [3.05, 3.63) is 30.1 Å². The summed E-state index contributed by atoms with van der Waals surface area (Å²) in [6, 6.07) is 5.62. The Bertz CT molecular complexity index is 540. The summed E-state index contributed by atoms with van der Waals surface area (Å²) in [6.07, 6.45) is 2.47. The first-order chi connectivity index (χ1) is 11.0. The minimum atomic E-state index is -1.63. The minimum absolute atomic E-state index is 0.274. The van der Waals surface area contributed by atoms with E-state index < -0.39 is 11.4 Å². The second-order valence-electron chi connectivity index (χ2n) is 6.51. The first-order valence-electron chi connectivity index (χ1n) is 8.09. The highest BCUT2D eigenvalue weighted by molar-refractivity contribution is 5.45. The van der Waals surface area contributed by atoms with E-state index in [1.807, 2.05) is 0 Å². The number of rotatable bonds is 4. The van der Waals surface area contributed by atoms with E-state index in [4.69, 9.17) is 9.47 Å². The highest BCUT2D eigenvalue weighted by Gasteiger charge is 2.63. The molecule has 0 bridgehead atoms. The van der Waals surface area contributed by atoms with Gasteiger partial charge in [0, 0.05) is 18.7 Å². The van der Waals surface area contributed by atoms with Crippen molar-refractivity contribution in [2.24, 2.45) is 5.92 Å². The molecule has 2 fully saturated rings. The van der Waals surface area contributed by atoms with Crippen molar-refractivity contribution >= 4 is 5.69 Å². The van der Waals surface area contributed by atoms with Gasteiger partial charge in [0.1, 0.15) is 11.4 Å². The van der Waals surface area contributed by atoms with Gasteiger partial charge in [-0.25, -0.2) is 4.39 Å². The van der Waals surface area contributed by atoms with Crippen LogP contribution in [0.3, 0.4) is 0 Å². The number of halogens is 1. The number of hydrogen-bond acceptors (Lipinski definition) is 5. The fourth-order valence-corrected chi connectivity index (χ4v) is 3.91. The van der Waals surface area contributed by atoms with Crippen molar-refractivity contribution in [1.29, 1.82) is 0 Å². The molecular weight excluding hydrogens is 301 g/mol. The molecule has 23 heavy (non-hydrogen) atoms. The van der Waals surface area contributed by atoms with Crippen LogP contribution in [0.1, 0.15) is 25.7 Å². The van der Waals surface area contributed by atoms with Crippen LogP contribution < -0.4 is 5.32 Å². The highest BCUT2D eigenvalue weighted by Crippen LogP contribution is 2.48. The molecule has 3 N–H and O–H groups in total. The molecule has 0 spiro atoms. The summed E-state index contributed by atoms with van der Waals surface area (Å²) in [7, 11) is 1.58. The Morgan fingerprint density at radius 3 is 2.74 bits per heavy atom. The predicted octanol–water partition coefficient (Wildman–Crippen LogP) is 1.89. The molecule has 0 unspecified atom stereocenters. The zero-order valence-electron chi connectivity index (χ0n) is 13.3. The molecule has 1 saturated heterocycles. The number of methoxy groups -OCH3 is 1. The van der Waals surface area contributed by atoms with Gasteiger partial charge in [0.15, 0.2) is 0 Å². The molecule has 128 valence electrons. The van der Waals surface area contributed by atoms with Crippen molar-refractivity contribution in [3.8, 4) is 0 Å². The van der Waals surface area contributed by atoms with Gasteiger partial charge in [-0.2, -0.15) is 0 Å². The lowest BCUT2D eigenvalue weighted by atomic mass is 9.66. The molecule has 1 heterocycles.